The van der Waals surface area contributed by atoms with Crippen molar-refractivity contribution in [2.75, 3.05) is 30.8 Å². The first-order valence-electron chi connectivity index (χ1n) is 9.96. The SMILES string of the molecule is C=CC(=O)Nc1ccc(C(=O)N2CC[C@H](Nc3ncc4ccc(OC)cc4n3)C2)cc1. The Kier molecular flexibility index (Phi) is 5.79. The van der Waals surface area contributed by atoms with E-state index in [2.05, 4.69) is 27.2 Å². The number of rotatable bonds is 6. The number of benzene rings is 2. The minimum Gasteiger partial charge on any atom is -0.497 e. The van der Waals surface area contributed by atoms with E-state index in [1.54, 1.807) is 42.5 Å². The molecule has 158 valence electrons. The second-order valence-electron chi connectivity index (χ2n) is 7.27. The van der Waals surface area contributed by atoms with Gasteiger partial charge in [-0.3, -0.25) is 9.59 Å². The van der Waals surface area contributed by atoms with Crippen LogP contribution in [0.1, 0.15) is 16.8 Å². The third-order valence-corrected chi connectivity index (χ3v) is 5.18. The van der Waals surface area contributed by atoms with Gasteiger partial charge in [0.2, 0.25) is 11.9 Å². The molecule has 1 aliphatic heterocycles. The molecule has 2 heterocycles. The van der Waals surface area contributed by atoms with E-state index in [1.165, 1.54) is 6.08 Å². The summed E-state index contributed by atoms with van der Waals surface area (Å²) in [6, 6.07) is 12.6. The molecule has 0 bridgehead atoms. The average Bonchev–Trinajstić information content (AvgIpc) is 3.27. The summed E-state index contributed by atoms with van der Waals surface area (Å²) in [6.45, 7) is 4.63. The number of nitrogens with zero attached hydrogens (tertiary/aromatic N) is 3. The molecule has 2 amide bonds. The molecule has 0 spiro atoms. The van der Waals surface area contributed by atoms with Crippen molar-refractivity contribution in [2.45, 2.75) is 12.5 Å². The van der Waals surface area contributed by atoms with Crippen molar-refractivity contribution in [1.82, 2.24) is 14.9 Å². The zero-order valence-corrected chi connectivity index (χ0v) is 17.2. The fraction of sp³-hybridized carbons (Fsp3) is 0.217. The molecular weight excluding hydrogens is 394 g/mol. The van der Waals surface area contributed by atoms with Gasteiger partial charge in [-0.05, 0) is 48.9 Å². The zero-order chi connectivity index (χ0) is 21.8. The number of hydrogen-bond donors (Lipinski definition) is 2. The second-order valence-corrected chi connectivity index (χ2v) is 7.27. The van der Waals surface area contributed by atoms with Crippen LogP contribution in [-0.2, 0) is 4.79 Å². The Bertz CT molecular complexity index is 1130. The predicted octanol–water partition coefficient (Wildman–Crippen LogP) is 3.09. The van der Waals surface area contributed by atoms with Crippen molar-refractivity contribution in [3.63, 3.8) is 0 Å². The summed E-state index contributed by atoms with van der Waals surface area (Å²) in [7, 11) is 1.62. The molecule has 8 nitrogen and oxygen atoms in total. The molecule has 8 heteroatoms. The van der Waals surface area contributed by atoms with Gasteiger partial charge in [-0.15, -0.1) is 0 Å². The lowest BCUT2D eigenvalue weighted by Crippen LogP contribution is -2.31. The second kappa shape index (κ2) is 8.83. The van der Waals surface area contributed by atoms with Crippen molar-refractivity contribution in [2.24, 2.45) is 0 Å². The number of aromatic nitrogens is 2. The third kappa shape index (κ3) is 4.63. The zero-order valence-electron chi connectivity index (χ0n) is 17.2. The molecular formula is C23H23N5O3. The van der Waals surface area contributed by atoms with Gasteiger partial charge in [0.15, 0.2) is 0 Å². The van der Waals surface area contributed by atoms with E-state index in [0.717, 1.165) is 23.1 Å². The summed E-state index contributed by atoms with van der Waals surface area (Å²) in [5.41, 5.74) is 1.99. The van der Waals surface area contributed by atoms with Gasteiger partial charge in [-0.25, -0.2) is 9.97 Å². The molecule has 1 fully saturated rings. The molecule has 4 rings (SSSR count). The third-order valence-electron chi connectivity index (χ3n) is 5.18. The van der Waals surface area contributed by atoms with Crippen LogP contribution in [0.2, 0.25) is 0 Å². The number of anilines is 2. The Morgan fingerprint density at radius 2 is 2.03 bits per heavy atom. The summed E-state index contributed by atoms with van der Waals surface area (Å²) in [6.07, 6.45) is 3.78. The smallest absolute Gasteiger partial charge is 0.253 e. The number of hydrogen-bond acceptors (Lipinski definition) is 6. The molecule has 0 saturated carbocycles. The highest BCUT2D eigenvalue weighted by Gasteiger charge is 2.27. The molecule has 1 aromatic heterocycles. The molecule has 3 aromatic rings. The van der Waals surface area contributed by atoms with Gasteiger partial charge >= 0.3 is 0 Å². The van der Waals surface area contributed by atoms with E-state index in [-0.39, 0.29) is 17.9 Å². The van der Waals surface area contributed by atoms with Crippen molar-refractivity contribution < 1.29 is 14.3 Å². The highest BCUT2D eigenvalue weighted by atomic mass is 16.5. The summed E-state index contributed by atoms with van der Waals surface area (Å²) in [4.78, 5) is 35.0. The Hall–Kier alpha value is -3.94. The highest BCUT2D eigenvalue weighted by molar-refractivity contribution is 5.99. The van der Waals surface area contributed by atoms with Crippen molar-refractivity contribution >= 4 is 34.4 Å². The Balaban J connectivity index is 1.38. The van der Waals surface area contributed by atoms with Crippen LogP contribution in [0.15, 0.2) is 61.3 Å². The van der Waals surface area contributed by atoms with E-state index < -0.39 is 0 Å². The Morgan fingerprint density at radius 1 is 1.23 bits per heavy atom. The summed E-state index contributed by atoms with van der Waals surface area (Å²) in [5, 5.41) is 6.93. The molecule has 0 aliphatic carbocycles. The highest BCUT2D eigenvalue weighted by Crippen LogP contribution is 2.21. The van der Waals surface area contributed by atoms with Gasteiger partial charge in [0.05, 0.1) is 12.6 Å². The van der Waals surface area contributed by atoms with Crippen molar-refractivity contribution in [1.29, 1.82) is 0 Å². The lowest BCUT2D eigenvalue weighted by molar-refractivity contribution is -0.111. The Labute approximate surface area is 179 Å². The van der Waals surface area contributed by atoms with Gasteiger partial charge in [-0.2, -0.15) is 0 Å². The molecule has 2 N–H and O–H groups in total. The first-order valence-corrected chi connectivity index (χ1v) is 9.96. The van der Waals surface area contributed by atoms with Crippen LogP contribution >= 0.6 is 0 Å². The average molecular weight is 417 g/mol. The number of methoxy groups -OCH3 is 1. The van der Waals surface area contributed by atoms with Crippen LogP contribution in [0.4, 0.5) is 11.6 Å². The summed E-state index contributed by atoms with van der Waals surface area (Å²) in [5.74, 6) is 0.934. The molecule has 1 atom stereocenters. The van der Waals surface area contributed by atoms with E-state index in [4.69, 9.17) is 4.74 Å². The largest absolute Gasteiger partial charge is 0.497 e. The number of carbonyl (C=O) groups excluding carboxylic acids is 2. The monoisotopic (exact) mass is 417 g/mol. The van der Waals surface area contributed by atoms with Gasteiger partial charge in [0.25, 0.3) is 5.91 Å². The lowest BCUT2D eigenvalue weighted by Gasteiger charge is -2.17. The van der Waals surface area contributed by atoms with Gasteiger partial charge < -0.3 is 20.3 Å². The normalized spacial score (nSPS) is 15.5. The minimum absolute atomic E-state index is 0.0462. The number of fused-ring (bicyclic) bond motifs is 1. The van der Waals surface area contributed by atoms with Crippen LogP contribution in [0.3, 0.4) is 0 Å². The first-order chi connectivity index (χ1) is 15.1. The lowest BCUT2D eigenvalue weighted by atomic mass is 10.2. The maximum Gasteiger partial charge on any atom is 0.253 e. The summed E-state index contributed by atoms with van der Waals surface area (Å²) < 4.78 is 5.26. The number of nitrogens with one attached hydrogen (secondary N) is 2. The van der Waals surface area contributed by atoms with Gasteiger partial charge in [0.1, 0.15) is 5.75 Å². The number of likely N-dealkylation sites (tertiary alicyclic amines) is 1. The molecule has 1 aliphatic rings. The van der Waals surface area contributed by atoms with Gasteiger partial charge in [-0.1, -0.05) is 6.58 Å². The van der Waals surface area contributed by atoms with E-state index >= 15 is 0 Å². The van der Waals surface area contributed by atoms with Crippen LogP contribution in [0.25, 0.3) is 10.9 Å². The van der Waals surface area contributed by atoms with E-state index in [0.29, 0.717) is 30.3 Å². The van der Waals surface area contributed by atoms with Crippen molar-refractivity contribution in [3.05, 3.63) is 66.9 Å². The maximum absolute atomic E-state index is 12.8. The van der Waals surface area contributed by atoms with Crippen LogP contribution in [-0.4, -0.2) is 52.9 Å². The molecule has 0 radical (unpaired) electrons. The van der Waals surface area contributed by atoms with Gasteiger partial charge in [0, 0.05) is 48.0 Å². The minimum atomic E-state index is -0.290. The van der Waals surface area contributed by atoms with Crippen LogP contribution < -0.4 is 15.4 Å². The summed E-state index contributed by atoms with van der Waals surface area (Å²) >= 11 is 0. The van der Waals surface area contributed by atoms with E-state index in [9.17, 15) is 9.59 Å². The molecule has 0 unspecified atom stereocenters. The van der Waals surface area contributed by atoms with Crippen molar-refractivity contribution in [3.8, 4) is 5.75 Å². The Morgan fingerprint density at radius 3 is 2.77 bits per heavy atom. The quantitative estimate of drug-likeness (QED) is 0.599. The van der Waals surface area contributed by atoms with Crippen LogP contribution in [0, 0.1) is 0 Å². The molecule has 2 aromatic carbocycles. The van der Waals surface area contributed by atoms with Crippen LogP contribution in [0.5, 0.6) is 5.75 Å². The first kappa shape index (κ1) is 20.3. The van der Waals surface area contributed by atoms with E-state index in [1.807, 2.05) is 18.2 Å². The number of amides is 2. The number of carbonyl (C=O) groups is 2. The molecule has 31 heavy (non-hydrogen) atoms. The maximum atomic E-state index is 12.8. The topological polar surface area (TPSA) is 96.5 Å². The molecule has 1 saturated heterocycles. The fourth-order valence-corrected chi connectivity index (χ4v) is 3.52. The predicted molar refractivity (Wildman–Crippen MR) is 119 cm³/mol. The number of ether oxygens (including phenoxy) is 1. The fourth-order valence-electron chi connectivity index (χ4n) is 3.52. The standard InChI is InChI=1S/C23H23N5O3/c1-3-21(29)25-17-7-4-15(5-8-17)22(30)28-11-10-18(14-28)26-23-24-13-16-6-9-19(31-2)12-20(16)27-23/h3-9,12-13,18H,1,10-11,14H2,2H3,(H,25,29)(H,24,26,27)/t18-/m0/s1.